The molecule has 0 radical (unpaired) electrons. The number of hydrogen-bond donors (Lipinski definition) is 0. The highest BCUT2D eigenvalue weighted by molar-refractivity contribution is 5.46. The molecule has 1 aromatic heterocycles. The summed E-state index contributed by atoms with van der Waals surface area (Å²) in [6, 6.07) is 3.66. The van der Waals surface area contributed by atoms with Crippen LogP contribution in [0, 0.1) is 12.3 Å². The van der Waals surface area contributed by atoms with Crippen LogP contribution in [0.15, 0.2) is 28.9 Å². The van der Waals surface area contributed by atoms with Gasteiger partial charge in [0.25, 0.3) is 0 Å². The van der Waals surface area contributed by atoms with Crippen molar-refractivity contribution in [3.63, 3.8) is 0 Å². The minimum absolute atomic E-state index is 0.785. The summed E-state index contributed by atoms with van der Waals surface area (Å²) in [5.41, 5.74) is 0. The van der Waals surface area contributed by atoms with Gasteiger partial charge >= 0.3 is 0 Å². The zero-order valence-corrected chi connectivity index (χ0v) is 4.87. The molecular weight excluding hydrogens is 112 g/mol. The highest BCUT2D eigenvalue weighted by Crippen LogP contribution is 2.00. The zero-order valence-electron chi connectivity index (χ0n) is 4.87. The molecule has 0 N–H and O–H groups in total. The molecule has 44 valence electrons. The third-order valence-electron chi connectivity index (χ3n) is 0.887. The summed E-state index contributed by atoms with van der Waals surface area (Å²) in [5, 5.41) is 0. The molecule has 0 bridgehead atoms. The molecule has 1 heteroatoms. The fraction of sp³-hybridized carbons (Fsp3) is 0. The van der Waals surface area contributed by atoms with Gasteiger partial charge in [0, 0.05) is 0 Å². The van der Waals surface area contributed by atoms with Crippen molar-refractivity contribution in [3.8, 4) is 12.3 Å². The van der Waals surface area contributed by atoms with E-state index >= 15 is 0 Å². The van der Waals surface area contributed by atoms with Gasteiger partial charge in [0.2, 0.25) is 0 Å². The minimum atomic E-state index is 0.785. The van der Waals surface area contributed by atoms with Crippen molar-refractivity contribution in [3.05, 3.63) is 30.2 Å². The van der Waals surface area contributed by atoms with Gasteiger partial charge in [-0.2, -0.15) is 0 Å². The Labute approximate surface area is 54.0 Å². The quantitative estimate of drug-likeness (QED) is 0.513. The molecule has 1 rings (SSSR count). The van der Waals surface area contributed by atoms with Crippen molar-refractivity contribution in [1.82, 2.24) is 0 Å². The van der Waals surface area contributed by atoms with Gasteiger partial charge in [-0.15, -0.1) is 6.42 Å². The van der Waals surface area contributed by atoms with Crippen LogP contribution in [-0.4, -0.2) is 0 Å². The molecule has 0 fully saturated rings. The van der Waals surface area contributed by atoms with E-state index in [1.54, 1.807) is 18.4 Å². The lowest BCUT2D eigenvalue weighted by Gasteiger charge is -1.76. The summed E-state index contributed by atoms with van der Waals surface area (Å²) in [6.07, 6.45) is 9.91. The lowest BCUT2D eigenvalue weighted by Crippen LogP contribution is -1.55. The second-order valence-corrected chi connectivity index (χ2v) is 1.52. The van der Waals surface area contributed by atoms with E-state index in [-0.39, 0.29) is 0 Å². The molecule has 0 spiro atoms. The molecule has 0 aromatic carbocycles. The third kappa shape index (κ3) is 1.50. The lowest BCUT2D eigenvalue weighted by molar-refractivity contribution is 0.557. The largest absolute Gasteiger partial charge is 0.465 e. The third-order valence-corrected chi connectivity index (χ3v) is 0.887. The number of furan rings is 1. The summed E-state index contributed by atoms with van der Waals surface area (Å²) in [7, 11) is 0. The summed E-state index contributed by atoms with van der Waals surface area (Å²) >= 11 is 0. The van der Waals surface area contributed by atoms with Crippen molar-refractivity contribution < 1.29 is 4.42 Å². The molecule has 1 aromatic rings. The monoisotopic (exact) mass is 118 g/mol. The Morgan fingerprint density at radius 3 is 3.11 bits per heavy atom. The summed E-state index contributed by atoms with van der Waals surface area (Å²) in [6.45, 7) is 0. The first kappa shape index (κ1) is 5.71. The molecule has 1 heterocycles. The van der Waals surface area contributed by atoms with E-state index in [0.717, 1.165) is 5.76 Å². The molecule has 0 amide bonds. The molecule has 9 heavy (non-hydrogen) atoms. The standard InChI is InChI=1S/C8H6O/c1-2-3-5-8-6-4-7-9-8/h1,3-7H/b5-3+. The Morgan fingerprint density at radius 1 is 1.67 bits per heavy atom. The SMILES string of the molecule is C#C/C=C/c1ccco1. The van der Waals surface area contributed by atoms with Gasteiger partial charge in [-0.3, -0.25) is 0 Å². The lowest BCUT2D eigenvalue weighted by atomic mass is 10.4. The van der Waals surface area contributed by atoms with E-state index in [2.05, 4.69) is 5.92 Å². The van der Waals surface area contributed by atoms with Gasteiger partial charge in [-0.25, -0.2) is 0 Å². The van der Waals surface area contributed by atoms with Gasteiger partial charge in [-0.1, -0.05) is 5.92 Å². The molecule has 0 atom stereocenters. The molecule has 0 unspecified atom stereocenters. The fourth-order valence-corrected chi connectivity index (χ4v) is 0.516. The van der Waals surface area contributed by atoms with Crippen LogP contribution in [0.1, 0.15) is 5.76 Å². The van der Waals surface area contributed by atoms with Crippen LogP contribution in [0.2, 0.25) is 0 Å². The van der Waals surface area contributed by atoms with Gasteiger partial charge in [0.15, 0.2) is 0 Å². The average Bonchev–Trinajstić information content (AvgIpc) is 2.34. The first-order valence-electron chi connectivity index (χ1n) is 2.59. The smallest absolute Gasteiger partial charge is 0.127 e. The van der Waals surface area contributed by atoms with Crippen LogP contribution in [0.4, 0.5) is 0 Å². The summed E-state index contributed by atoms with van der Waals surface area (Å²) in [4.78, 5) is 0. The first-order chi connectivity index (χ1) is 4.43. The van der Waals surface area contributed by atoms with E-state index in [9.17, 15) is 0 Å². The van der Waals surface area contributed by atoms with Gasteiger partial charge in [-0.05, 0) is 24.3 Å². The maximum absolute atomic E-state index is 4.97. The van der Waals surface area contributed by atoms with Crippen molar-refractivity contribution in [1.29, 1.82) is 0 Å². The molecule has 0 aliphatic heterocycles. The van der Waals surface area contributed by atoms with E-state index in [4.69, 9.17) is 10.8 Å². The summed E-state index contributed by atoms with van der Waals surface area (Å²) < 4.78 is 4.95. The molecule has 0 saturated carbocycles. The average molecular weight is 118 g/mol. The summed E-state index contributed by atoms with van der Waals surface area (Å²) in [5.74, 6) is 3.15. The minimum Gasteiger partial charge on any atom is -0.465 e. The molecular formula is C8H6O. The van der Waals surface area contributed by atoms with E-state index in [1.165, 1.54) is 0 Å². The predicted molar refractivity (Wildman–Crippen MR) is 36.6 cm³/mol. The second-order valence-electron chi connectivity index (χ2n) is 1.52. The van der Waals surface area contributed by atoms with Crippen LogP contribution in [0.25, 0.3) is 6.08 Å². The fourth-order valence-electron chi connectivity index (χ4n) is 0.516. The van der Waals surface area contributed by atoms with Crippen LogP contribution in [0.5, 0.6) is 0 Å². The normalized spacial score (nSPS) is 9.67. The number of terminal acetylenes is 1. The van der Waals surface area contributed by atoms with Crippen molar-refractivity contribution in [2.75, 3.05) is 0 Å². The van der Waals surface area contributed by atoms with Crippen molar-refractivity contribution in [2.24, 2.45) is 0 Å². The van der Waals surface area contributed by atoms with Crippen LogP contribution >= 0.6 is 0 Å². The molecule has 0 saturated heterocycles. The maximum Gasteiger partial charge on any atom is 0.127 e. The van der Waals surface area contributed by atoms with Crippen molar-refractivity contribution in [2.45, 2.75) is 0 Å². The molecule has 0 aliphatic carbocycles. The first-order valence-corrected chi connectivity index (χ1v) is 2.59. The van der Waals surface area contributed by atoms with Crippen molar-refractivity contribution >= 4 is 6.08 Å². The topological polar surface area (TPSA) is 13.1 Å². The molecule has 0 aliphatic rings. The van der Waals surface area contributed by atoms with Crippen LogP contribution < -0.4 is 0 Å². The van der Waals surface area contributed by atoms with E-state index in [0.29, 0.717) is 0 Å². The Kier molecular flexibility index (Phi) is 1.77. The Morgan fingerprint density at radius 2 is 2.56 bits per heavy atom. The Hall–Kier alpha value is -1.42. The number of rotatable bonds is 1. The predicted octanol–water partition coefficient (Wildman–Crippen LogP) is 1.93. The zero-order chi connectivity index (χ0) is 6.53. The van der Waals surface area contributed by atoms with Gasteiger partial charge in [0.1, 0.15) is 5.76 Å². The molecule has 1 nitrogen and oxygen atoms in total. The van der Waals surface area contributed by atoms with Gasteiger partial charge < -0.3 is 4.42 Å². The van der Waals surface area contributed by atoms with Crippen LogP contribution in [0.3, 0.4) is 0 Å². The van der Waals surface area contributed by atoms with E-state index in [1.807, 2.05) is 12.1 Å². The van der Waals surface area contributed by atoms with Crippen LogP contribution in [-0.2, 0) is 0 Å². The van der Waals surface area contributed by atoms with E-state index < -0.39 is 0 Å². The Balaban J connectivity index is 2.71. The number of hydrogen-bond acceptors (Lipinski definition) is 1. The van der Waals surface area contributed by atoms with Gasteiger partial charge in [0.05, 0.1) is 6.26 Å². The maximum atomic E-state index is 4.97. The highest BCUT2D eigenvalue weighted by Gasteiger charge is 1.82. The highest BCUT2D eigenvalue weighted by atomic mass is 16.3. The second kappa shape index (κ2) is 2.78. The Bertz CT molecular complexity index is 224. The number of allylic oxidation sites excluding steroid dienone is 1.